The molecule has 0 saturated carbocycles. The van der Waals surface area contributed by atoms with Crippen molar-refractivity contribution in [3.63, 3.8) is 0 Å². The molecule has 0 N–H and O–H groups in total. The Morgan fingerprint density at radius 1 is 1.18 bits per heavy atom. The van der Waals surface area contributed by atoms with Crippen molar-refractivity contribution < 1.29 is 9.53 Å². The molecule has 0 amide bonds. The Hall–Kier alpha value is -0.610. The number of likely N-dealkylation sites (N-methyl/N-ethyl adjacent to an activating group) is 2. The normalized spacial score (nSPS) is 15.1. The monoisotopic (exact) mass is 244 g/mol. The molecule has 0 aromatic rings. The van der Waals surface area contributed by atoms with Gasteiger partial charge in [-0.05, 0) is 34.5 Å². The van der Waals surface area contributed by atoms with E-state index in [2.05, 4.69) is 37.7 Å². The number of hydrogen-bond donors (Lipinski definition) is 0. The number of ether oxygens (including phenoxy) is 1. The van der Waals surface area contributed by atoms with Gasteiger partial charge in [0.05, 0.1) is 12.5 Å². The lowest BCUT2D eigenvalue weighted by molar-refractivity contribution is -0.148. The van der Waals surface area contributed by atoms with Crippen LogP contribution in [0.3, 0.4) is 0 Å². The summed E-state index contributed by atoms with van der Waals surface area (Å²) in [6, 6.07) is 0.451. The fourth-order valence-corrected chi connectivity index (χ4v) is 1.98. The quantitative estimate of drug-likeness (QED) is 0.605. The Morgan fingerprint density at radius 2 is 1.76 bits per heavy atom. The van der Waals surface area contributed by atoms with Crippen molar-refractivity contribution in [2.45, 2.75) is 33.7 Å². The van der Waals surface area contributed by atoms with Gasteiger partial charge in [0.15, 0.2) is 0 Å². The Kier molecular flexibility index (Phi) is 8.17. The largest absolute Gasteiger partial charge is 0.466 e. The van der Waals surface area contributed by atoms with Crippen LogP contribution >= 0.6 is 0 Å². The molecule has 17 heavy (non-hydrogen) atoms. The van der Waals surface area contributed by atoms with E-state index in [4.69, 9.17) is 4.74 Å². The summed E-state index contributed by atoms with van der Waals surface area (Å²) in [6.07, 6.45) is 0. The van der Waals surface area contributed by atoms with E-state index in [9.17, 15) is 4.79 Å². The lowest BCUT2D eigenvalue weighted by atomic mass is 10.1. The summed E-state index contributed by atoms with van der Waals surface area (Å²) < 4.78 is 5.03. The van der Waals surface area contributed by atoms with Gasteiger partial charge in [0.25, 0.3) is 0 Å². The lowest BCUT2D eigenvalue weighted by Crippen LogP contribution is -2.43. The predicted octanol–water partition coefficient (Wildman–Crippen LogP) is 1.46. The molecule has 0 aliphatic carbocycles. The van der Waals surface area contributed by atoms with Gasteiger partial charge in [-0.3, -0.25) is 9.69 Å². The molecule has 0 aliphatic rings. The van der Waals surface area contributed by atoms with Gasteiger partial charge in [-0.2, -0.15) is 0 Å². The SMILES string of the molecule is CCOC(=O)C(C)CN(CC)C(C)CN(C)C. The molecule has 2 unspecified atom stereocenters. The van der Waals surface area contributed by atoms with Gasteiger partial charge in [-0.1, -0.05) is 13.8 Å². The molecule has 4 nitrogen and oxygen atoms in total. The number of esters is 1. The number of carbonyl (C=O) groups excluding carboxylic acids is 1. The highest BCUT2D eigenvalue weighted by molar-refractivity contribution is 5.72. The minimum absolute atomic E-state index is 0.0560. The summed E-state index contributed by atoms with van der Waals surface area (Å²) in [4.78, 5) is 16.1. The Balaban J connectivity index is 4.24. The van der Waals surface area contributed by atoms with E-state index in [1.165, 1.54) is 0 Å². The third-order valence-electron chi connectivity index (χ3n) is 2.86. The fraction of sp³-hybridized carbons (Fsp3) is 0.923. The number of rotatable bonds is 8. The first-order valence-corrected chi connectivity index (χ1v) is 6.47. The van der Waals surface area contributed by atoms with Gasteiger partial charge in [0.2, 0.25) is 0 Å². The van der Waals surface area contributed by atoms with Crippen LogP contribution in [0.15, 0.2) is 0 Å². The zero-order chi connectivity index (χ0) is 13.4. The van der Waals surface area contributed by atoms with Crippen molar-refractivity contribution in [2.24, 2.45) is 5.92 Å². The van der Waals surface area contributed by atoms with E-state index in [-0.39, 0.29) is 11.9 Å². The molecule has 0 aliphatic heterocycles. The van der Waals surface area contributed by atoms with E-state index in [0.29, 0.717) is 12.6 Å². The molecule has 0 spiro atoms. The number of hydrogen-bond acceptors (Lipinski definition) is 4. The second kappa shape index (κ2) is 8.48. The van der Waals surface area contributed by atoms with Gasteiger partial charge in [0.1, 0.15) is 0 Å². The molecule has 0 aromatic heterocycles. The first-order valence-electron chi connectivity index (χ1n) is 6.47. The van der Waals surface area contributed by atoms with Gasteiger partial charge in [-0.15, -0.1) is 0 Å². The first-order chi connectivity index (χ1) is 7.92. The summed E-state index contributed by atoms with van der Waals surface area (Å²) >= 11 is 0. The van der Waals surface area contributed by atoms with Crippen LogP contribution in [0.5, 0.6) is 0 Å². The average molecular weight is 244 g/mol. The predicted molar refractivity (Wildman–Crippen MR) is 71.1 cm³/mol. The molecule has 2 atom stereocenters. The minimum Gasteiger partial charge on any atom is -0.466 e. The van der Waals surface area contributed by atoms with Crippen molar-refractivity contribution in [3.05, 3.63) is 0 Å². The van der Waals surface area contributed by atoms with Crippen LogP contribution < -0.4 is 0 Å². The van der Waals surface area contributed by atoms with Gasteiger partial charge in [-0.25, -0.2) is 0 Å². The van der Waals surface area contributed by atoms with Gasteiger partial charge >= 0.3 is 5.97 Å². The van der Waals surface area contributed by atoms with Crippen LogP contribution in [0.2, 0.25) is 0 Å². The van der Waals surface area contributed by atoms with Crippen molar-refractivity contribution in [3.8, 4) is 0 Å². The maximum absolute atomic E-state index is 11.6. The Morgan fingerprint density at radius 3 is 2.18 bits per heavy atom. The van der Waals surface area contributed by atoms with Gasteiger partial charge in [0, 0.05) is 19.1 Å². The van der Waals surface area contributed by atoms with Crippen LogP contribution in [-0.4, -0.2) is 62.1 Å². The van der Waals surface area contributed by atoms with Crippen molar-refractivity contribution >= 4 is 5.97 Å². The molecular weight excluding hydrogens is 216 g/mol. The average Bonchev–Trinajstić information content (AvgIpc) is 2.24. The second-order valence-electron chi connectivity index (χ2n) is 4.85. The smallest absolute Gasteiger partial charge is 0.309 e. The van der Waals surface area contributed by atoms with E-state index in [1.54, 1.807) is 0 Å². The minimum atomic E-state index is -0.0944. The van der Waals surface area contributed by atoms with Crippen molar-refractivity contribution in [2.75, 3.05) is 40.3 Å². The van der Waals surface area contributed by atoms with Crippen LogP contribution in [0.1, 0.15) is 27.7 Å². The summed E-state index contributed by atoms with van der Waals surface area (Å²) in [7, 11) is 4.14. The molecule has 0 aromatic carbocycles. The number of nitrogens with zero attached hydrogens (tertiary/aromatic N) is 2. The molecule has 0 bridgehead atoms. The summed E-state index contributed by atoms with van der Waals surface area (Å²) in [5.74, 6) is -0.150. The third-order valence-corrected chi connectivity index (χ3v) is 2.86. The molecule has 0 heterocycles. The maximum Gasteiger partial charge on any atom is 0.309 e. The van der Waals surface area contributed by atoms with E-state index >= 15 is 0 Å². The van der Waals surface area contributed by atoms with Crippen LogP contribution in [0, 0.1) is 5.92 Å². The van der Waals surface area contributed by atoms with Crippen LogP contribution in [0.25, 0.3) is 0 Å². The number of carbonyl (C=O) groups is 1. The second-order valence-corrected chi connectivity index (χ2v) is 4.85. The van der Waals surface area contributed by atoms with Crippen LogP contribution in [0.4, 0.5) is 0 Å². The Labute approximate surface area is 106 Å². The standard InChI is InChI=1S/C13H28N2O2/c1-7-15(12(4)10-14(5)6)9-11(3)13(16)17-8-2/h11-12H,7-10H2,1-6H3. The molecule has 0 saturated heterocycles. The zero-order valence-electron chi connectivity index (χ0n) is 12.2. The van der Waals surface area contributed by atoms with Gasteiger partial charge < -0.3 is 9.64 Å². The molecule has 0 radical (unpaired) electrons. The molecule has 0 fully saturated rings. The topological polar surface area (TPSA) is 32.8 Å². The van der Waals surface area contributed by atoms with E-state index in [0.717, 1.165) is 19.6 Å². The Bertz CT molecular complexity index is 219. The molecule has 102 valence electrons. The highest BCUT2D eigenvalue weighted by atomic mass is 16.5. The lowest BCUT2D eigenvalue weighted by Gasteiger charge is -2.31. The molecular formula is C13H28N2O2. The van der Waals surface area contributed by atoms with E-state index < -0.39 is 0 Å². The fourth-order valence-electron chi connectivity index (χ4n) is 1.98. The molecule has 0 rings (SSSR count). The van der Waals surface area contributed by atoms with Crippen molar-refractivity contribution in [1.82, 2.24) is 9.80 Å². The summed E-state index contributed by atoms with van der Waals surface area (Å²) in [6.45, 7) is 11.3. The molecule has 4 heteroatoms. The first kappa shape index (κ1) is 16.4. The van der Waals surface area contributed by atoms with Crippen LogP contribution in [-0.2, 0) is 9.53 Å². The third kappa shape index (κ3) is 6.64. The highest BCUT2D eigenvalue weighted by Gasteiger charge is 2.20. The van der Waals surface area contributed by atoms with Crippen molar-refractivity contribution in [1.29, 1.82) is 0 Å². The maximum atomic E-state index is 11.6. The zero-order valence-corrected chi connectivity index (χ0v) is 12.2. The summed E-state index contributed by atoms with van der Waals surface area (Å²) in [5.41, 5.74) is 0. The van der Waals surface area contributed by atoms with E-state index in [1.807, 2.05) is 13.8 Å². The summed E-state index contributed by atoms with van der Waals surface area (Å²) in [5, 5.41) is 0. The highest BCUT2D eigenvalue weighted by Crippen LogP contribution is 2.07.